The van der Waals surface area contributed by atoms with Crippen LogP contribution in [0, 0.1) is 10.1 Å². The van der Waals surface area contributed by atoms with Gasteiger partial charge in [0.1, 0.15) is 17.9 Å². The zero-order chi connectivity index (χ0) is 15.3. The van der Waals surface area contributed by atoms with E-state index in [-0.39, 0.29) is 29.6 Å². The lowest BCUT2D eigenvalue weighted by molar-refractivity contribution is -0.385. The molecular formula is C11H12ClN3O5. The first-order chi connectivity index (χ1) is 9.36. The van der Waals surface area contributed by atoms with Gasteiger partial charge in [-0.05, 0) is 6.92 Å². The predicted molar refractivity (Wildman–Crippen MR) is 69.5 cm³/mol. The highest BCUT2D eigenvalue weighted by atomic mass is 35.5. The average molecular weight is 302 g/mol. The zero-order valence-electron chi connectivity index (χ0n) is 10.8. The van der Waals surface area contributed by atoms with Gasteiger partial charge in [0.15, 0.2) is 0 Å². The van der Waals surface area contributed by atoms with Gasteiger partial charge in [-0.1, -0.05) is 11.6 Å². The fraction of sp³-hybridized carbons (Fsp3) is 0.364. The Morgan fingerprint density at radius 3 is 2.75 bits per heavy atom. The Morgan fingerprint density at radius 1 is 1.55 bits per heavy atom. The molecule has 0 radical (unpaired) electrons. The molecule has 0 saturated heterocycles. The summed E-state index contributed by atoms with van der Waals surface area (Å²) in [6.07, 6.45) is 0.949. The Morgan fingerprint density at radius 2 is 2.20 bits per heavy atom. The Bertz CT molecular complexity index is 549. The third kappa shape index (κ3) is 3.89. The van der Waals surface area contributed by atoms with Crippen molar-refractivity contribution in [2.45, 2.75) is 6.92 Å². The molecular weight excluding hydrogens is 290 g/mol. The minimum Gasteiger partial charge on any atom is -0.465 e. The van der Waals surface area contributed by atoms with Gasteiger partial charge in [0.05, 0.1) is 17.1 Å². The molecule has 1 aromatic rings. The second kappa shape index (κ2) is 6.80. The van der Waals surface area contributed by atoms with Gasteiger partial charge >= 0.3 is 5.97 Å². The molecule has 0 spiro atoms. The molecule has 0 aliphatic carbocycles. The van der Waals surface area contributed by atoms with Gasteiger partial charge in [0, 0.05) is 13.1 Å². The molecule has 108 valence electrons. The van der Waals surface area contributed by atoms with Crippen LogP contribution in [-0.4, -0.2) is 46.9 Å². The van der Waals surface area contributed by atoms with Crippen LogP contribution in [0.15, 0.2) is 12.3 Å². The number of esters is 1. The average Bonchev–Trinajstić information content (AvgIpc) is 2.38. The molecule has 1 aromatic heterocycles. The van der Waals surface area contributed by atoms with E-state index in [9.17, 15) is 19.7 Å². The van der Waals surface area contributed by atoms with Gasteiger partial charge in [-0.15, -0.1) is 0 Å². The lowest BCUT2D eigenvalue weighted by Gasteiger charge is -2.16. The molecule has 20 heavy (non-hydrogen) atoms. The van der Waals surface area contributed by atoms with Gasteiger partial charge in [-0.3, -0.25) is 19.7 Å². The molecule has 0 N–H and O–H groups in total. The third-order valence-electron chi connectivity index (χ3n) is 2.28. The van der Waals surface area contributed by atoms with E-state index in [1.54, 1.807) is 6.92 Å². The first kappa shape index (κ1) is 15.8. The molecule has 0 bridgehead atoms. The van der Waals surface area contributed by atoms with Crippen LogP contribution in [0.1, 0.15) is 17.3 Å². The van der Waals surface area contributed by atoms with Gasteiger partial charge in [0.25, 0.3) is 11.6 Å². The molecule has 0 aliphatic rings. The van der Waals surface area contributed by atoms with E-state index in [1.807, 2.05) is 0 Å². The lowest BCUT2D eigenvalue weighted by atomic mass is 10.2. The number of carbonyl (C=O) groups is 2. The maximum atomic E-state index is 12.1. The number of nitrogens with zero attached hydrogens (tertiary/aromatic N) is 3. The van der Waals surface area contributed by atoms with Crippen LogP contribution in [0.5, 0.6) is 0 Å². The molecule has 0 unspecified atom stereocenters. The number of carbonyl (C=O) groups excluding carboxylic acids is 2. The molecule has 0 aromatic carbocycles. The smallest absolute Gasteiger partial charge is 0.325 e. The number of pyridine rings is 1. The third-order valence-corrected chi connectivity index (χ3v) is 2.59. The molecule has 1 heterocycles. The lowest BCUT2D eigenvalue weighted by Crippen LogP contribution is -2.33. The number of likely N-dealkylation sites (N-methyl/N-ethyl adjacent to an activating group) is 1. The number of rotatable bonds is 5. The van der Waals surface area contributed by atoms with Crippen LogP contribution < -0.4 is 0 Å². The van der Waals surface area contributed by atoms with Gasteiger partial charge in [0.2, 0.25) is 0 Å². The number of hydrogen-bond donors (Lipinski definition) is 0. The van der Waals surface area contributed by atoms with Crippen molar-refractivity contribution in [3.8, 4) is 0 Å². The Hall–Kier alpha value is -2.22. The summed E-state index contributed by atoms with van der Waals surface area (Å²) in [6, 6.07) is 1.01. The Kier molecular flexibility index (Phi) is 5.39. The van der Waals surface area contributed by atoms with Crippen LogP contribution in [0.4, 0.5) is 5.69 Å². The van der Waals surface area contributed by atoms with Crippen molar-refractivity contribution < 1.29 is 19.2 Å². The number of hydrogen-bond acceptors (Lipinski definition) is 6. The summed E-state index contributed by atoms with van der Waals surface area (Å²) in [5, 5.41) is 10.5. The monoisotopic (exact) mass is 301 g/mol. The van der Waals surface area contributed by atoms with Crippen molar-refractivity contribution in [2.75, 3.05) is 20.2 Å². The molecule has 1 amide bonds. The summed E-state index contributed by atoms with van der Waals surface area (Å²) in [4.78, 5) is 37.9. The fourth-order valence-electron chi connectivity index (χ4n) is 1.36. The van der Waals surface area contributed by atoms with E-state index in [2.05, 4.69) is 4.98 Å². The summed E-state index contributed by atoms with van der Waals surface area (Å²) in [6.45, 7) is 1.55. The second-order valence-electron chi connectivity index (χ2n) is 3.76. The summed E-state index contributed by atoms with van der Waals surface area (Å²) < 4.78 is 4.70. The highest BCUT2D eigenvalue weighted by Crippen LogP contribution is 2.20. The van der Waals surface area contributed by atoms with Crippen LogP contribution in [0.2, 0.25) is 5.15 Å². The number of amides is 1. The van der Waals surface area contributed by atoms with Crippen molar-refractivity contribution in [1.82, 2.24) is 9.88 Å². The largest absolute Gasteiger partial charge is 0.465 e. The van der Waals surface area contributed by atoms with Crippen molar-refractivity contribution in [3.05, 3.63) is 33.1 Å². The zero-order valence-corrected chi connectivity index (χ0v) is 11.6. The first-order valence-electron chi connectivity index (χ1n) is 5.57. The molecule has 1 rings (SSSR count). The van der Waals surface area contributed by atoms with Crippen molar-refractivity contribution in [1.29, 1.82) is 0 Å². The van der Waals surface area contributed by atoms with Crippen LogP contribution in [0.25, 0.3) is 0 Å². The quantitative estimate of drug-likeness (QED) is 0.351. The molecule has 0 atom stereocenters. The summed E-state index contributed by atoms with van der Waals surface area (Å²) in [7, 11) is 1.36. The van der Waals surface area contributed by atoms with Gasteiger partial charge < -0.3 is 9.64 Å². The molecule has 9 heteroatoms. The van der Waals surface area contributed by atoms with Crippen molar-refractivity contribution in [3.63, 3.8) is 0 Å². The molecule has 0 saturated carbocycles. The van der Waals surface area contributed by atoms with E-state index in [4.69, 9.17) is 16.3 Å². The van der Waals surface area contributed by atoms with Crippen LogP contribution >= 0.6 is 11.6 Å². The second-order valence-corrected chi connectivity index (χ2v) is 4.11. The standard InChI is InChI=1S/C11H12ClN3O5/c1-3-20-9(16)6-14(2)11(17)8-4-7(15(18)19)5-13-10(8)12/h4-5H,3,6H2,1-2H3. The molecule has 0 fully saturated rings. The van der Waals surface area contributed by atoms with E-state index in [1.165, 1.54) is 7.05 Å². The maximum absolute atomic E-state index is 12.1. The highest BCUT2D eigenvalue weighted by molar-refractivity contribution is 6.32. The van der Waals surface area contributed by atoms with Gasteiger partial charge in [-0.25, -0.2) is 4.98 Å². The number of aromatic nitrogens is 1. The number of nitro groups is 1. The summed E-state index contributed by atoms with van der Waals surface area (Å²) in [5.41, 5.74) is -0.505. The molecule has 0 aliphatic heterocycles. The SMILES string of the molecule is CCOC(=O)CN(C)C(=O)c1cc([N+](=O)[O-])cnc1Cl. The number of ether oxygens (including phenoxy) is 1. The van der Waals surface area contributed by atoms with Crippen molar-refractivity contribution in [2.24, 2.45) is 0 Å². The van der Waals surface area contributed by atoms with E-state index in [0.29, 0.717) is 0 Å². The minimum atomic E-state index is -0.689. The predicted octanol–water partition coefficient (Wildman–Crippen LogP) is 1.28. The topological polar surface area (TPSA) is 103 Å². The van der Waals surface area contributed by atoms with E-state index >= 15 is 0 Å². The summed E-state index contributed by atoms with van der Waals surface area (Å²) in [5.74, 6) is -1.24. The van der Waals surface area contributed by atoms with Gasteiger partial charge in [-0.2, -0.15) is 0 Å². The summed E-state index contributed by atoms with van der Waals surface area (Å²) >= 11 is 5.74. The van der Waals surface area contributed by atoms with E-state index < -0.39 is 16.8 Å². The molecule has 8 nitrogen and oxygen atoms in total. The van der Waals surface area contributed by atoms with Crippen molar-refractivity contribution >= 4 is 29.2 Å². The first-order valence-corrected chi connectivity index (χ1v) is 5.95. The van der Waals surface area contributed by atoms with E-state index in [0.717, 1.165) is 17.2 Å². The maximum Gasteiger partial charge on any atom is 0.325 e. The highest BCUT2D eigenvalue weighted by Gasteiger charge is 2.21. The normalized spacial score (nSPS) is 9.95. The number of halogens is 1. The van der Waals surface area contributed by atoms with Crippen LogP contribution in [-0.2, 0) is 9.53 Å². The Labute approximate surface area is 119 Å². The van der Waals surface area contributed by atoms with Crippen LogP contribution in [0.3, 0.4) is 0 Å². The fourth-order valence-corrected chi connectivity index (χ4v) is 1.55. The Balaban J connectivity index is 2.93. The minimum absolute atomic E-state index is 0.146.